The first-order valence-corrected chi connectivity index (χ1v) is 7.63. The van der Waals surface area contributed by atoms with Crippen molar-refractivity contribution in [3.8, 4) is 0 Å². The molecule has 8 heteroatoms. The molecule has 0 aliphatic heterocycles. The van der Waals surface area contributed by atoms with E-state index in [0.29, 0.717) is 17.1 Å². The molecule has 0 N–H and O–H groups in total. The summed E-state index contributed by atoms with van der Waals surface area (Å²) in [7, 11) is 1.91. The van der Waals surface area contributed by atoms with E-state index in [4.69, 9.17) is 0 Å². The van der Waals surface area contributed by atoms with Crippen LogP contribution in [-0.2, 0) is 0 Å². The summed E-state index contributed by atoms with van der Waals surface area (Å²) in [5.74, 6) is 1.05. The average molecular weight is 334 g/mol. The van der Waals surface area contributed by atoms with E-state index in [0.717, 1.165) is 16.6 Å². The number of non-ortho nitro benzene ring substituents is 1. The molecule has 2 aromatic carbocycles. The zero-order valence-electron chi connectivity index (χ0n) is 13.6. The van der Waals surface area contributed by atoms with Crippen molar-refractivity contribution >= 4 is 33.9 Å². The van der Waals surface area contributed by atoms with Gasteiger partial charge in [0.05, 0.1) is 10.4 Å². The van der Waals surface area contributed by atoms with E-state index < -0.39 is 4.92 Å². The van der Waals surface area contributed by atoms with Gasteiger partial charge in [-0.3, -0.25) is 14.5 Å². The summed E-state index contributed by atoms with van der Waals surface area (Å²) in [4.78, 5) is 17.2. The van der Waals surface area contributed by atoms with E-state index in [1.165, 1.54) is 18.5 Å². The molecule has 4 rings (SSSR count). The van der Waals surface area contributed by atoms with Gasteiger partial charge in [0.2, 0.25) is 0 Å². The SMILES string of the molecule is Cc1cccc(N(C)c2nc3nncn3c3cc([N+](=O)[O-])ccc23)c1. The molecule has 0 amide bonds. The lowest BCUT2D eigenvalue weighted by Gasteiger charge is -2.20. The maximum atomic E-state index is 11.1. The maximum Gasteiger partial charge on any atom is 0.271 e. The van der Waals surface area contributed by atoms with Gasteiger partial charge < -0.3 is 4.90 Å². The predicted octanol–water partition coefficient (Wildman–Crippen LogP) is 3.26. The van der Waals surface area contributed by atoms with E-state index in [1.54, 1.807) is 10.5 Å². The quantitative estimate of drug-likeness (QED) is 0.422. The van der Waals surface area contributed by atoms with E-state index >= 15 is 0 Å². The molecule has 4 aromatic rings. The van der Waals surface area contributed by atoms with Crippen LogP contribution < -0.4 is 4.90 Å². The molecule has 0 fully saturated rings. The number of aryl methyl sites for hydroxylation is 1. The minimum Gasteiger partial charge on any atom is -0.329 e. The van der Waals surface area contributed by atoms with Gasteiger partial charge in [-0.1, -0.05) is 12.1 Å². The van der Waals surface area contributed by atoms with Crippen molar-refractivity contribution < 1.29 is 4.92 Å². The van der Waals surface area contributed by atoms with Crippen LogP contribution >= 0.6 is 0 Å². The fraction of sp³-hybridized carbons (Fsp3) is 0.118. The predicted molar refractivity (Wildman–Crippen MR) is 94.2 cm³/mol. The Morgan fingerprint density at radius 3 is 2.80 bits per heavy atom. The zero-order chi connectivity index (χ0) is 17.6. The molecule has 2 aromatic heterocycles. The lowest BCUT2D eigenvalue weighted by atomic mass is 10.1. The van der Waals surface area contributed by atoms with Crippen LogP contribution in [0.1, 0.15) is 5.56 Å². The molecule has 2 heterocycles. The van der Waals surface area contributed by atoms with Gasteiger partial charge in [0.1, 0.15) is 12.1 Å². The number of aromatic nitrogens is 4. The third kappa shape index (κ3) is 2.44. The molecule has 25 heavy (non-hydrogen) atoms. The van der Waals surface area contributed by atoms with Gasteiger partial charge in [-0.2, -0.15) is 4.98 Å². The minimum absolute atomic E-state index is 0.0119. The van der Waals surface area contributed by atoms with Crippen LogP contribution in [0.25, 0.3) is 16.7 Å². The highest BCUT2D eigenvalue weighted by Gasteiger charge is 2.17. The number of nitrogens with zero attached hydrogens (tertiary/aromatic N) is 6. The molecular weight excluding hydrogens is 320 g/mol. The molecule has 0 atom stereocenters. The van der Waals surface area contributed by atoms with E-state index in [9.17, 15) is 10.1 Å². The first-order chi connectivity index (χ1) is 12.0. The highest BCUT2D eigenvalue weighted by Crippen LogP contribution is 2.32. The van der Waals surface area contributed by atoms with Crippen molar-refractivity contribution in [2.45, 2.75) is 6.92 Å². The Kier molecular flexibility index (Phi) is 3.31. The van der Waals surface area contributed by atoms with Crippen LogP contribution in [0.2, 0.25) is 0 Å². The first kappa shape index (κ1) is 15.0. The van der Waals surface area contributed by atoms with E-state index in [2.05, 4.69) is 15.2 Å². The number of hydrogen-bond donors (Lipinski definition) is 0. The second kappa shape index (κ2) is 5.52. The van der Waals surface area contributed by atoms with Gasteiger partial charge in [0.15, 0.2) is 0 Å². The van der Waals surface area contributed by atoms with Gasteiger partial charge in [-0.05, 0) is 30.7 Å². The standard InChI is InChI=1S/C17H14N6O2/c1-11-4-3-5-12(8-11)21(2)16-14-7-6-13(23(24)25)9-15(14)22-10-18-20-17(22)19-16/h3-10H,1-2H3. The van der Waals surface area contributed by atoms with Crippen molar-refractivity contribution in [1.82, 2.24) is 19.6 Å². The summed E-state index contributed by atoms with van der Waals surface area (Å²) in [6.07, 6.45) is 1.50. The van der Waals surface area contributed by atoms with Crippen LogP contribution in [0.3, 0.4) is 0 Å². The lowest BCUT2D eigenvalue weighted by molar-refractivity contribution is -0.384. The van der Waals surface area contributed by atoms with E-state index in [-0.39, 0.29) is 5.69 Å². The topological polar surface area (TPSA) is 89.5 Å². The molecule has 0 radical (unpaired) electrons. The largest absolute Gasteiger partial charge is 0.329 e. The van der Waals surface area contributed by atoms with Crippen LogP contribution in [0, 0.1) is 17.0 Å². The first-order valence-electron chi connectivity index (χ1n) is 7.63. The smallest absolute Gasteiger partial charge is 0.271 e. The Balaban J connectivity index is 2.00. The number of nitro benzene ring substituents is 1. The normalized spacial score (nSPS) is 11.1. The van der Waals surface area contributed by atoms with Gasteiger partial charge >= 0.3 is 0 Å². The fourth-order valence-electron chi connectivity index (χ4n) is 2.87. The summed E-state index contributed by atoms with van der Waals surface area (Å²) in [6.45, 7) is 2.02. The molecule has 0 unspecified atom stereocenters. The molecule has 8 nitrogen and oxygen atoms in total. The van der Waals surface area contributed by atoms with Gasteiger partial charge in [-0.15, -0.1) is 10.2 Å². The van der Waals surface area contributed by atoms with Crippen molar-refractivity contribution in [1.29, 1.82) is 0 Å². The van der Waals surface area contributed by atoms with Gasteiger partial charge in [-0.25, -0.2) is 0 Å². The zero-order valence-corrected chi connectivity index (χ0v) is 13.6. The third-order valence-corrected chi connectivity index (χ3v) is 4.13. The number of anilines is 2. The Hall–Kier alpha value is -3.55. The number of hydrogen-bond acceptors (Lipinski definition) is 6. The van der Waals surface area contributed by atoms with Crippen LogP contribution in [-0.4, -0.2) is 31.6 Å². The molecule has 124 valence electrons. The van der Waals surface area contributed by atoms with Crippen molar-refractivity contribution in [3.05, 3.63) is 64.5 Å². The fourth-order valence-corrected chi connectivity index (χ4v) is 2.87. The van der Waals surface area contributed by atoms with Gasteiger partial charge in [0, 0.05) is 30.3 Å². The van der Waals surface area contributed by atoms with Gasteiger partial charge in [0.25, 0.3) is 11.5 Å². The molecular formula is C17H14N6O2. The number of nitro groups is 1. The molecule has 0 bridgehead atoms. The van der Waals surface area contributed by atoms with Crippen LogP contribution in [0.15, 0.2) is 48.8 Å². The van der Waals surface area contributed by atoms with Crippen molar-refractivity contribution in [2.75, 3.05) is 11.9 Å². The number of fused-ring (bicyclic) bond motifs is 3. The molecule has 0 saturated carbocycles. The monoisotopic (exact) mass is 334 g/mol. The third-order valence-electron chi connectivity index (χ3n) is 4.13. The Morgan fingerprint density at radius 1 is 1.20 bits per heavy atom. The summed E-state index contributed by atoms with van der Waals surface area (Å²) >= 11 is 0. The second-order valence-electron chi connectivity index (χ2n) is 5.79. The second-order valence-corrected chi connectivity index (χ2v) is 5.79. The Bertz CT molecular complexity index is 1120. The molecule has 0 aliphatic carbocycles. The lowest BCUT2D eigenvalue weighted by Crippen LogP contribution is -2.13. The Labute approximate surface area is 142 Å². The highest BCUT2D eigenvalue weighted by atomic mass is 16.6. The maximum absolute atomic E-state index is 11.1. The highest BCUT2D eigenvalue weighted by molar-refractivity contribution is 5.94. The average Bonchev–Trinajstić information content (AvgIpc) is 3.08. The summed E-state index contributed by atoms with van der Waals surface area (Å²) in [6, 6.07) is 12.7. The number of benzene rings is 2. The Morgan fingerprint density at radius 2 is 2.04 bits per heavy atom. The minimum atomic E-state index is -0.417. The van der Waals surface area contributed by atoms with E-state index in [1.807, 2.05) is 43.1 Å². The molecule has 0 saturated heterocycles. The van der Waals surface area contributed by atoms with Crippen LogP contribution in [0.4, 0.5) is 17.2 Å². The van der Waals surface area contributed by atoms with Crippen molar-refractivity contribution in [2.24, 2.45) is 0 Å². The molecule has 0 spiro atoms. The number of rotatable bonds is 3. The summed E-state index contributed by atoms with van der Waals surface area (Å²) < 4.78 is 1.65. The summed E-state index contributed by atoms with van der Waals surface area (Å²) in [5, 5.41) is 19.8. The van der Waals surface area contributed by atoms with Crippen LogP contribution in [0.5, 0.6) is 0 Å². The van der Waals surface area contributed by atoms with Crippen molar-refractivity contribution in [3.63, 3.8) is 0 Å². The molecule has 0 aliphatic rings. The summed E-state index contributed by atoms with van der Waals surface area (Å²) in [5.41, 5.74) is 2.75.